The molecule has 0 amide bonds. The van der Waals surface area contributed by atoms with E-state index in [4.69, 9.17) is 9.84 Å². The second-order valence-corrected chi connectivity index (χ2v) is 7.75. The van der Waals surface area contributed by atoms with E-state index in [-0.39, 0.29) is 38.1 Å². The van der Waals surface area contributed by atoms with Gasteiger partial charge in [-0.1, -0.05) is 0 Å². The number of nitrogens with one attached hydrogen (secondary N) is 1. The zero-order chi connectivity index (χ0) is 21.0. The summed E-state index contributed by atoms with van der Waals surface area (Å²) in [6.07, 6.45) is 1.13. The molecule has 1 saturated heterocycles. The van der Waals surface area contributed by atoms with Crippen molar-refractivity contribution in [2.45, 2.75) is 38.2 Å². The largest absolute Gasteiger partial charge is 0.481 e. The molecule has 11 heteroatoms. The van der Waals surface area contributed by atoms with Crippen LogP contribution in [0.15, 0.2) is 27.8 Å². The Balaban J connectivity index is 1.82. The number of carbonyl (C=O) groups is 2. The Morgan fingerprint density at radius 2 is 2.28 bits per heavy atom. The number of nitrogens with zero attached hydrogens (tertiary/aromatic N) is 3. The maximum atomic E-state index is 14.1. The molecule has 1 aromatic rings. The standard InChI is InChI=1S/C18H22F2N4O4S/c1-2-28-17(27)12-8-22-15(16-21-5-6-29-16)23-13(12)9-24-10-18(19,20)7-11(24)3-4-14(25)26/h5-6,11H,2-4,7-10H2,1H3,(H,22,23)(H,25,26). The highest BCUT2D eigenvalue weighted by molar-refractivity contribution is 7.11. The van der Waals surface area contributed by atoms with E-state index >= 15 is 0 Å². The highest BCUT2D eigenvalue weighted by atomic mass is 32.1. The van der Waals surface area contributed by atoms with Crippen molar-refractivity contribution in [3.05, 3.63) is 27.9 Å². The van der Waals surface area contributed by atoms with E-state index < -0.39 is 36.9 Å². The van der Waals surface area contributed by atoms with Gasteiger partial charge in [0.25, 0.3) is 5.92 Å². The predicted molar refractivity (Wildman–Crippen MR) is 102 cm³/mol. The van der Waals surface area contributed by atoms with Crippen LogP contribution in [0, 0.1) is 0 Å². The number of halogens is 2. The quantitative estimate of drug-likeness (QED) is 0.610. The van der Waals surface area contributed by atoms with Crippen LogP contribution in [0.1, 0.15) is 31.2 Å². The van der Waals surface area contributed by atoms with Gasteiger partial charge < -0.3 is 15.2 Å². The summed E-state index contributed by atoms with van der Waals surface area (Å²) in [5.41, 5.74) is 0.709. The van der Waals surface area contributed by atoms with E-state index in [1.54, 1.807) is 18.5 Å². The van der Waals surface area contributed by atoms with Crippen LogP contribution >= 0.6 is 11.3 Å². The minimum Gasteiger partial charge on any atom is -0.481 e. The fourth-order valence-corrected chi connectivity index (χ4v) is 4.04. The first-order valence-corrected chi connectivity index (χ1v) is 10.1. The van der Waals surface area contributed by atoms with Crippen LogP contribution < -0.4 is 5.32 Å². The number of likely N-dealkylation sites (tertiary alicyclic amines) is 1. The molecule has 0 spiro atoms. The number of aromatic nitrogens is 1. The molecular formula is C18H22F2N4O4S. The number of thiazole rings is 1. The van der Waals surface area contributed by atoms with Gasteiger partial charge in [0, 0.05) is 42.7 Å². The number of carbonyl (C=O) groups excluding carboxylic acids is 1. The molecular weight excluding hydrogens is 406 g/mol. The van der Waals surface area contributed by atoms with Gasteiger partial charge in [0.1, 0.15) is 0 Å². The summed E-state index contributed by atoms with van der Waals surface area (Å²) in [6, 6.07) is -0.596. The van der Waals surface area contributed by atoms with Crippen LogP contribution in [0.4, 0.5) is 8.78 Å². The van der Waals surface area contributed by atoms with E-state index in [1.807, 2.05) is 0 Å². The summed E-state index contributed by atoms with van der Waals surface area (Å²) >= 11 is 1.36. The van der Waals surface area contributed by atoms with Gasteiger partial charge in [-0.05, 0) is 13.3 Å². The van der Waals surface area contributed by atoms with Crippen molar-refractivity contribution in [3.63, 3.8) is 0 Å². The molecule has 29 heavy (non-hydrogen) atoms. The average Bonchev–Trinajstić information content (AvgIpc) is 3.28. The molecule has 0 bridgehead atoms. The molecule has 8 nitrogen and oxygen atoms in total. The zero-order valence-corrected chi connectivity index (χ0v) is 16.7. The predicted octanol–water partition coefficient (Wildman–Crippen LogP) is 1.88. The summed E-state index contributed by atoms with van der Waals surface area (Å²) in [6.45, 7) is 1.46. The van der Waals surface area contributed by atoms with Crippen LogP contribution in [0.25, 0.3) is 0 Å². The Bertz CT molecular complexity index is 826. The van der Waals surface area contributed by atoms with Gasteiger partial charge in [0.05, 0.1) is 25.3 Å². The van der Waals surface area contributed by atoms with E-state index in [2.05, 4.69) is 15.3 Å². The lowest BCUT2D eigenvalue weighted by atomic mass is 10.1. The molecule has 1 atom stereocenters. The van der Waals surface area contributed by atoms with Crippen LogP contribution in [-0.2, 0) is 14.3 Å². The fraction of sp³-hybridized carbons (Fsp3) is 0.556. The van der Waals surface area contributed by atoms with E-state index in [1.165, 1.54) is 16.2 Å². The van der Waals surface area contributed by atoms with Crippen molar-refractivity contribution in [3.8, 4) is 0 Å². The molecule has 2 N–H and O–H groups in total. The maximum Gasteiger partial charge on any atom is 0.337 e. The van der Waals surface area contributed by atoms with Gasteiger partial charge in [-0.2, -0.15) is 0 Å². The third-order valence-electron chi connectivity index (χ3n) is 4.72. The van der Waals surface area contributed by atoms with Crippen molar-refractivity contribution in [1.29, 1.82) is 0 Å². The lowest BCUT2D eigenvalue weighted by Gasteiger charge is -2.28. The lowest BCUT2D eigenvalue weighted by Crippen LogP contribution is -2.41. The van der Waals surface area contributed by atoms with Crippen molar-refractivity contribution >= 4 is 29.1 Å². The number of aliphatic imine (C=N–C) groups is 1. The molecule has 0 aromatic carbocycles. The molecule has 0 radical (unpaired) electrons. The fourth-order valence-electron chi connectivity index (χ4n) is 3.44. The summed E-state index contributed by atoms with van der Waals surface area (Å²) in [5.74, 6) is -4.02. The van der Waals surface area contributed by atoms with Crippen LogP contribution in [0.2, 0.25) is 0 Å². The number of amidine groups is 1. The summed E-state index contributed by atoms with van der Waals surface area (Å²) in [7, 11) is 0. The second kappa shape index (κ2) is 8.95. The first-order valence-electron chi connectivity index (χ1n) is 9.23. The summed E-state index contributed by atoms with van der Waals surface area (Å²) in [5, 5.41) is 14.4. The third kappa shape index (κ3) is 5.36. The normalized spacial score (nSPS) is 21.6. The monoisotopic (exact) mass is 428 g/mol. The molecule has 3 heterocycles. The number of hydrogen-bond acceptors (Lipinski definition) is 8. The number of rotatable bonds is 8. The smallest absolute Gasteiger partial charge is 0.337 e. The van der Waals surface area contributed by atoms with Crippen molar-refractivity contribution in [1.82, 2.24) is 15.2 Å². The van der Waals surface area contributed by atoms with E-state index in [9.17, 15) is 18.4 Å². The molecule has 158 valence electrons. The van der Waals surface area contributed by atoms with Gasteiger partial charge in [0.15, 0.2) is 10.8 Å². The van der Waals surface area contributed by atoms with Gasteiger partial charge in [-0.3, -0.25) is 14.7 Å². The first kappa shape index (κ1) is 21.3. The number of carboxylic acid groups (broad SMARTS) is 1. The summed E-state index contributed by atoms with van der Waals surface area (Å²) in [4.78, 5) is 33.3. The minimum absolute atomic E-state index is 0.0401. The number of aliphatic carboxylic acids is 1. The van der Waals surface area contributed by atoms with Crippen LogP contribution in [0.5, 0.6) is 0 Å². The van der Waals surface area contributed by atoms with Gasteiger partial charge in [-0.25, -0.2) is 18.6 Å². The van der Waals surface area contributed by atoms with Crippen LogP contribution in [-0.4, -0.2) is 71.0 Å². The molecule has 1 aromatic heterocycles. The molecule has 1 fully saturated rings. The zero-order valence-electron chi connectivity index (χ0n) is 15.9. The molecule has 3 rings (SSSR count). The first-order chi connectivity index (χ1) is 13.8. The third-order valence-corrected chi connectivity index (χ3v) is 5.50. The number of hydrogen-bond donors (Lipinski definition) is 2. The molecule has 2 aliphatic rings. The number of carboxylic acids is 1. The summed E-state index contributed by atoms with van der Waals surface area (Å²) < 4.78 is 33.2. The van der Waals surface area contributed by atoms with Crippen LogP contribution in [0.3, 0.4) is 0 Å². The Hall–Kier alpha value is -2.40. The van der Waals surface area contributed by atoms with Crippen molar-refractivity contribution < 1.29 is 28.2 Å². The molecule has 2 aliphatic heterocycles. The number of ether oxygens (including phenoxy) is 1. The lowest BCUT2D eigenvalue weighted by molar-refractivity contribution is -0.139. The Morgan fingerprint density at radius 3 is 2.93 bits per heavy atom. The second-order valence-electron chi connectivity index (χ2n) is 6.86. The van der Waals surface area contributed by atoms with Crippen molar-refractivity contribution in [2.75, 3.05) is 26.2 Å². The van der Waals surface area contributed by atoms with Crippen molar-refractivity contribution in [2.24, 2.45) is 4.99 Å². The number of esters is 1. The van der Waals surface area contributed by atoms with E-state index in [0.717, 1.165) is 0 Å². The SMILES string of the molecule is CCOC(=O)C1=C(CN2CC(F)(F)CC2CCC(=O)O)NC(c2nccs2)=NC1. The minimum atomic E-state index is -2.91. The molecule has 1 unspecified atom stereocenters. The highest BCUT2D eigenvalue weighted by Gasteiger charge is 2.45. The van der Waals surface area contributed by atoms with Gasteiger partial charge in [0.2, 0.25) is 0 Å². The Labute approximate surface area is 170 Å². The Morgan fingerprint density at radius 1 is 1.48 bits per heavy atom. The van der Waals surface area contributed by atoms with Gasteiger partial charge >= 0.3 is 11.9 Å². The number of alkyl halides is 2. The van der Waals surface area contributed by atoms with E-state index in [0.29, 0.717) is 16.5 Å². The highest BCUT2D eigenvalue weighted by Crippen LogP contribution is 2.34. The molecule has 0 saturated carbocycles. The topological polar surface area (TPSA) is 104 Å². The van der Waals surface area contributed by atoms with Gasteiger partial charge in [-0.15, -0.1) is 11.3 Å². The maximum absolute atomic E-state index is 14.1. The Kier molecular flexibility index (Phi) is 6.58. The average molecular weight is 428 g/mol. The molecule has 0 aliphatic carbocycles.